The number of esters is 2. The highest BCUT2D eigenvalue weighted by molar-refractivity contribution is 5.91. The average Bonchev–Trinajstić information content (AvgIpc) is 3.33. The molecule has 0 fully saturated rings. The van der Waals surface area contributed by atoms with Gasteiger partial charge in [-0.25, -0.2) is 9.59 Å². The quantitative estimate of drug-likeness (QED) is 0.136. The predicted molar refractivity (Wildman–Crippen MR) is 136 cm³/mol. The third-order valence-electron chi connectivity index (χ3n) is 6.24. The fourth-order valence-electron chi connectivity index (χ4n) is 4.31. The van der Waals surface area contributed by atoms with Gasteiger partial charge in [-0.05, 0) is 53.1 Å². The number of carbonyl (C=O) groups excluding carboxylic acids is 2. The van der Waals surface area contributed by atoms with E-state index < -0.39 is 53.3 Å². The van der Waals surface area contributed by atoms with Crippen LogP contribution < -0.4 is 4.74 Å². The van der Waals surface area contributed by atoms with Crippen LogP contribution >= 0.6 is 0 Å². The standard InChI is InChI=1S/C28H24O12/c1-38-28(37)24-23-14(3-8-18(31)26(23)40-25(24)15-4-7-17(30)20(33)12-15)5-9-22(34)39-21(27(35)36)11-13-2-6-16(29)19(32)10-13/h2-10,12,21,24-25,29-33H,11H2,1H3,(H,35,36)/t21-,24+,25-/m1/s1. The van der Waals surface area contributed by atoms with E-state index in [4.69, 9.17) is 14.2 Å². The number of aromatic hydroxyl groups is 5. The smallest absolute Gasteiger partial charge is 0.345 e. The molecule has 3 atom stereocenters. The van der Waals surface area contributed by atoms with E-state index >= 15 is 0 Å². The molecule has 0 saturated carbocycles. The maximum atomic E-state index is 12.8. The molecule has 3 aromatic carbocycles. The van der Waals surface area contributed by atoms with Gasteiger partial charge in [0.1, 0.15) is 12.0 Å². The van der Waals surface area contributed by atoms with E-state index in [0.29, 0.717) is 11.1 Å². The number of benzene rings is 3. The Morgan fingerprint density at radius 2 is 1.55 bits per heavy atom. The van der Waals surface area contributed by atoms with Crippen molar-refractivity contribution in [2.24, 2.45) is 0 Å². The second-order valence-electron chi connectivity index (χ2n) is 8.83. The Kier molecular flexibility index (Phi) is 7.71. The van der Waals surface area contributed by atoms with E-state index in [2.05, 4.69) is 0 Å². The van der Waals surface area contributed by atoms with E-state index in [1.165, 1.54) is 48.5 Å². The zero-order chi connectivity index (χ0) is 29.1. The molecular formula is C28H24O12. The molecule has 0 radical (unpaired) electrons. The molecule has 208 valence electrons. The first-order chi connectivity index (χ1) is 19.0. The van der Waals surface area contributed by atoms with Gasteiger partial charge in [0.05, 0.1) is 7.11 Å². The maximum absolute atomic E-state index is 12.8. The first-order valence-corrected chi connectivity index (χ1v) is 11.7. The number of aliphatic carboxylic acids is 1. The van der Waals surface area contributed by atoms with Gasteiger partial charge in [-0.3, -0.25) is 4.79 Å². The number of rotatable bonds is 8. The molecule has 3 aromatic rings. The van der Waals surface area contributed by atoms with Gasteiger partial charge < -0.3 is 44.8 Å². The third-order valence-corrected chi connectivity index (χ3v) is 6.24. The molecule has 4 rings (SSSR count). The molecule has 1 aliphatic heterocycles. The van der Waals surface area contributed by atoms with Crippen molar-refractivity contribution in [2.45, 2.75) is 24.5 Å². The summed E-state index contributed by atoms with van der Waals surface area (Å²) in [5, 5.41) is 58.6. The van der Waals surface area contributed by atoms with Crippen molar-refractivity contribution in [1.29, 1.82) is 0 Å². The summed E-state index contributed by atoms with van der Waals surface area (Å²) in [4.78, 5) is 37.1. The maximum Gasteiger partial charge on any atom is 0.345 e. The zero-order valence-corrected chi connectivity index (χ0v) is 20.8. The van der Waals surface area contributed by atoms with E-state index in [0.717, 1.165) is 19.3 Å². The van der Waals surface area contributed by atoms with Crippen molar-refractivity contribution in [2.75, 3.05) is 7.11 Å². The number of hydrogen-bond acceptors (Lipinski definition) is 11. The molecule has 6 N–H and O–H groups in total. The lowest BCUT2D eigenvalue weighted by Crippen LogP contribution is -2.28. The number of phenolic OH excluding ortho intramolecular Hbond substituents is 5. The Bertz CT molecular complexity index is 1510. The monoisotopic (exact) mass is 552 g/mol. The van der Waals surface area contributed by atoms with E-state index in [-0.39, 0.29) is 34.8 Å². The summed E-state index contributed by atoms with van der Waals surface area (Å²) in [6.07, 6.45) is -0.798. The molecule has 40 heavy (non-hydrogen) atoms. The lowest BCUT2D eigenvalue weighted by Gasteiger charge is -2.18. The Balaban J connectivity index is 1.61. The topological polar surface area (TPSA) is 200 Å². The summed E-state index contributed by atoms with van der Waals surface area (Å²) in [5.41, 5.74) is 1.00. The molecule has 0 saturated heterocycles. The SMILES string of the molecule is COC(=O)[C@H]1c2c(C=CC(=O)O[C@H](Cc3ccc(O)c(O)c3)C(=O)O)ccc(O)c2O[C@@H]1c1ccc(O)c(O)c1. The predicted octanol–water partition coefficient (Wildman–Crippen LogP) is 2.86. The van der Waals surface area contributed by atoms with Gasteiger partial charge >= 0.3 is 17.9 Å². The van der Waals surface area contributed by atoms with Crippen molar-refractivity contribution in [3.63, 3.8) is 0 Å². The van der Waals surface area contributed by atoms with Crippen molar-refractivity contribution in [1.82, 2.24) is 0 Å². The highest BCUT2D eigenvalue weighted by atomic mass is 16.6. The van der Waals surface area contributed by atoms with Gasteiger partial charge in [0.2, 0.25) is 6.10 Å². The van der Waals surface area contributed by atoms with Crippen LogP contribution in [-0.4, -0.2) is 61.8 Å². The Morgan fingerprint density at radius 1 is 0.900 bits per heavy atom. The van der Waals surface area contributed by atoms with Crippen molar-refractivity contribution < 1.29 is 59.2 Å². The van der Waals surface area contributed by atoms with E-state index in [1.54, 1.807) is 0 Å². The normalized spacial score (nSPS) is 16.6. The highest BCUT2D eigenvalue weighted by Crippen LogP contribution is 2.52. The summed E-state index contributed by atoms with van der Waals surface area (Å²) < 4.78 is 15.9. The minimum atomic E-state index is -1.62. The fourth-order valence-corrected chi connectivity index (χ4v) is 4.31. The van der Waals surface area contributed by atoms with Crippen LogP contribution in [0.5, 0.6) is 34.5 Å². The molecule has 0 aliphatic carbocycles. The largest absolute Gasteiger partial charge is 0.504 e. The molecule has 0 amide bonds. The molecule has 0 spiro atoms. The lowest BCUT2D eigenvalue weighted by molar-refractivity contribution is -0.160. The zero-order valence-electron chi connectivity index (χ0n) is 20.8. The van der Waals surface area contributed by atoms with Crippen molar-refractivity contribution >= 4 is 24.0 Å². The van der Waals surface area contributed by atoms with Gasteiger partial charge in [-0.2, -0.15) is 0 Å². The van der Waals surface area contributed by atoms with Crippen LogP contribution in [-0.2, 0) is 30.3 Å². The summed E-state index contributed by atoms with van der Waals surface area (Å²) in [6.45, 7) is 0. The molecule has 12 nitrogen and oxygen atoms in total. The summed E-state index contributed by atoms with van der Waals surface area (Å²) in [5.74, 6) is -6.46. The summed E-state index contributed by atoms with van der Waals surface area (Å²) in [6, 6.07) is 10.2. The second-order valence-corrected chi connectivity index (χ2v) is 8.83. The van der Waals surface area contributed by atoms with Crippen LogP contribution in [0.3, 0.4) is 0 Å². The lowest BCUT2D eigenvalue weighted by atomic mass is 9.87. The number of hydrogen-bond donors (Lipinski definition) is 6. The first-order valence-electron chi connectivity index (χ1n) is 11.7. The van der Waals surface area contributed by atoms with Crippen molar-refractivity contribution in [3.8, 4) is 34.5 Å². The van der Waals surface area contributed by atoms with Gasteiger partial charge in [0, 0.05) is 18.1 Å². The number of carboxylic acids is 1. The number of methoxy groups -OCH3 is 1. The van der Waals surface area contributed by atoms with Crippen molar-refractivity contribution in [3.05, 3.63) is 76.9 Å². The van der Waals surface area contributed by atoms with E-state index in [9.17, 15) is 45.0 Å². The first kappa shape index (κ1) is 27.6. The Hall–Kier alpha value is -5.39. The second kappa shape index (κ2) is 11.2. The number of fused-ring (bicyclic) bond motifs is 1. The van der Waals surface area contributed by atoms with Gasteiger partial charge in [-0.1, -0.05) is 18.2 Å². The fraction of sp³-hybridized carbons (Fsp3) is 0.179. The number of carbonyl (C=O) groups is 3. The van der Waals surface area contributed by atoms with Crippen LogP contribution in [0.2, 0.25) is 0 Å². The van der Waals surface area contributed by atoms with Crippen LogP contribution in [0.15, 0.2) is 54.6 Å². The molecule has 0 unspecified atom stereocenters. The molecule has 0 aromatic heterocycles. The van der Waals surface area contributed by atoms with E-state index in [1.807, 2.05) is 0 Å². The molecule has 12 heteroatoms. The van der Waals surface area contributed by atoms with Crippen LogP contribution in [0.25, 0.3) is 6.08 Å². The molecule has 1 aliphatic rings. The molecule has 1 heterocycles. The van der Waals surface area contributed by atoms with Gasteiger partial charge in [0.15, 0.2) is 34.5 Å². The van der Waals surface area contributed by atoms with Crippen LogP contribution in [0.1, 0.15) is 34.3 Å². The van der Waals surface area contributed by atoms with Crippen LogP contribution in [0, 0.1) is 0 Å². The Morgan fingerprint density at radius 3 is 2.17 bits per heavy atom. The minimum Gasteiger partial charge on any atom is -0.504 e. The molecular weight excluding hydrogens is 528 g/mol. The summed E-state index contributed by atoms with van der Waals surface area (Å²) >= 11 is 0. The Labute approximate surface area is 226 Å². The molecule has 0 bridgehead atoms. The number of phenols is 5. The summed E-state index contributed by atoms with van der Waals surface area (Å²) in [7, 11) is 1.15. The highest BCUT2D eigenvalue weighted by Gasteiger charge is 2.44. The minimum absolute atomic E-state index is 0.0703. The average molecular weight is 552 g/mol. The van der Waals surface area contributed by atoms with Gasteiger partial charge in [0.25, 0.3) is 0 Å². The number of ether oxygens (including phenoxy) is 3. The van der Waals surface area contributed by atoms with Crippen LogP contribution in [0.4, 0.5) is 0 Å². The third kappa shape index (κ3) is 5.55. The van der Waals surface area contributed by atoms with Gasteiger partial charge in [-0.15, -0.1) is 0 Å². The number of carboxylic acid groups (broad SMARTS) is 1.